The zero-order valence-corrected chi connectivity index (χ0v) is 13.6. The number of carbonyl (C=O) groups excluding carboxylic acids is 1. The first-order valence-corrected chi connectivity index (χ1v) is 7.51. The average Bonchev–Trinajstić information content (AvgIpc) is 2.27. The van der Waals surface area contributed by atoms with Crippen molar-refractivity contribution in [2.45, 2.75) is 72.3 Å². The molecule has 0 aliphatic rings. The van der Waals surface area contributed by atoms with Crippen molar-refractivity contribution in [2.24, 2.45) is 5.92 Å². The Morgan fingerprint density at radius 2 is 2.10 bits per heavy atom. The molecule has 0 aromatic rings. The zero-order valence-electron chi connectivity index (χ0n) is 13.6. The van der Waals surface area contributed by atoms with Crippen LogP contribution in [0.4, 0.5) is 0 Å². The smallest absolute Gasteiger partial charge is 0.0626 e. The third kappa shape index (κ3) is 10.8. The van der Waals surface area contributed by atoms with E-state index < -0.39 is 5.97 Å². The molecule has 0 amide bonds. The van der Waals surface area contributed by atoms with Crippen molar-refractivity contribution >= 4 is 5.97 Å². The molecule has 0 radical (unpaired) electrons. The minimum absolute atomic E-state index is 0.0325. The molecule has 0 saturated heterocycles. The molecule has 20 heavy (non-hydrogen) atoms. The predicted octanol–water partition coefficient (Wildman–Crippen LogP) is 3.24. The second-order valence-electron chi connectivity index (χ2n) is 6.10. The van der Waals surface area contributed by atoms with E-state index in [1.165, 1.54) is 0 Å². The van der Waals surface area contributed by atoms with Crippen LogP contribution in [0.25, 0.3) is 0 Å². The molecule has 0 heterocycles. The summed E-state index contributed by atoms with van der Waals surface area (Å²) >= 11 is 0. The Morgan fingerprint density at radius 1 is 1.45 bits per heavy atom. The minimum atomic E-state index is -1.05. The van der Waals surface area contributed by atoms with Gasteiger partial charge in [0.1, 0.15) is 0 Å². The summed E-state index contributed by atoms with van der Waals surface area (Å²) in [5, 5.41) is 10.4. The largest absolute Gasteiger partial charge is 0.550 e. The van der Waals surface area contributed by atoms with Gasteiger partial charge in [-0.25, -0.2) is 0 Å². The quantitative estimate of drug-likeness (QED) is 0.578. The summed E-state index contributed by atoms with van der Waals surface area (Å²) in [4.78, 5) is 10.4. The maximum absolute atomic E-state index is 10.4. The monoisotopic (exact) mass is 281 g/mol. The van der Waals surface area contributed by atoms with Crippen LogP contribution in [0.1, 0.15) is 66.7 Å². The molecule has 116 valence electrons. The van der Waals surface area contributed by atoms with Gasteiger partial charge in [0.15, 0.2) is 0 Å². The number of carboxylic acids is 1. The van der Waals surface area contributed by atoms with Crippen LogP contribution in [0.2, 0.25) is 0 Å². The van der Waals surface area contributed by atoms with Gasteiger partial charge in [-0.05, 0) is 58.1 Å². The van der Waals surface area contributed by atoms with E-state index in [9.17, 15) is 9.90 Å². The molecule has 0 fully saturated rings. The van der Waals surface area contributed by atoms with Crippen LogP contribution in [0.5, 0.6) is 0 Å². The van der Waals surface area contributed by atoms with Crippen LogP contribution in [0, 0.1) is 5.92 Å². The molecule has 0 aromatic heterocycles. The SMILES string of the molecule is CCOC(C)(C)CCCC(C)CC=C=C(C)CC(=O)[O-]. The van der Waals surface area contributed by atoms with Crippen molar-refractivity contribution in [1.29, 1.82) is 0 Å². The molecule has 3 heteroatoms. The molecule has 1 atom stereocenters. The van der Waals surface area contributed by atoms with Crippen LogP contribution in [0.15, 0.2) is 17.4 Å². The fraction of sp³-hybridized carbons (Fsp3) is 0.765. The molecule has 0 aliphatic carbocycles. The highest BCUT2D eigenvalue weighted by Gasteiger charge is 2.17. The average molecular weight is 281 g/mol. The van der Waals surface area contributed by atoms with Crippen LogP contribution in [-0.4, -0.2) is 18.2 Å². The number of aliphatic carboxylic acids is 1. The Kier molecular flexibility index (Phi) is 9.28. The van der Waals surface area contributed by atoms with Gasteiger partial charge in [-0.15, -0.1) is 5.73 Å². The lowest BCUT2D eigenvalue weighted by molar-refractivity contribution is -0.304. The van der Waals surface area contributed by atoms with Crippen molar-refractivity contribution in [3.05, 3.63) is 17.4 Å². The van der Waals surface area contributed by atoms with Crippen molar-refractivity contribution in [1.82, 2.24) is 0 Å². The molecular formula is C17H29O3-. The highest BCUT2D eigenvalue weighted by atomic mass is 16.5. The van der Waals surface area contributed by atoms with E-state index >= 15 is 0 Å². The first-order chi connectivity index (χ1) is 9.26. The van der Waals surface area contributed by atoms with E-state index in [2.05, 4.69) is 26.5 Å². The summed E-state index contributed by atoms with van der Waals surface area (Å²) in [5.74, 6) is -0.467. The molecule has 0 bridgehead atoms. The van der Waals surface area contributed by atoms with Gasteiger partial charge in [-0.1, -0.05) is 19.8 Å². The first-order valence-electron chi connectivity index (χ1n) is 7.51. The van der Waals surface area contributed by atoms with E-state index in [1.807, 2.05) is 13.0 Å². The lowest BCUT2D eigenvalue weighted by Crippen LogP contribution is -2.24. The lowest BCUT2D eigenvalue weighted by Gasteiger charge is -2.25. The molecule has 0 saturated carbocycles. The maximum atomic E-state index is 10.4. The van der Waals surface area contributed by atoms with E-state index in [0.29, 0.717) is 5.92 Å². The highest BCUT2D eigenvalue weighted by molar-refractivity contribution is 5.67. The van der Waals surface area contributed by atoms with Crippen LogP contribution >= 0.6 is 0 Å². The summed E-state index contributed by atoms with van der Waals surface area (Å²) < 4.78 is 5.68. The highest BCUT2D eigenvalue weighted by Crippen LogP contribution is 2.21. The summed E-state index contributed by atoms with van der Waals surface area (Å²) in [6.45, 7) is 11.0. The second kappa shape index (κ2) is 9.79. The second-order valence-corrected chi connectivity index (χ2v) is 6.10. The minimum Gasteiger partial charge on any atom is -0.550 e. The first kappa shape index (κ1) is 18.9. The number of rotatable bonds is 10. The Balaban J connectivity index is 3.98. The fourth-order valence-corrected chi connectivity index (χ4v) is 2.16. The Morgan fingerprint density at radius 3 is 2.65 bits per heavy atom. The number of hydrogen-bond donors (Lipinski definition) is 0. The normalized spacial score (nSPS) is 12.7. The third-order valence-electron chi connectivity index (χ3n) is 3.29. The molecule has 0 rings (SSSR count). The van der Waals surface area contributed by atoms with Gasteiger partial charge in [0.2, 0.25) is 0 Å². The maximum Gasteiger partial charge on any atom is 0.0626 e. The summed E-state index contributed by atoms with van der Waals surface area (Å²) in [6.07, 6.45) is 6.19. The molecule has 1 unspecified atom stereocenters. The van der Waals surface area contributed by atoms with E-state index in [0.717, 1.165) is 37.9 Å². The predicted molar refractivity (Wildman–Crippen MR) is 80.2 cm³/mol. The van der Waals surface area contributed by atoms with Gasteiger partial charge >= 0.3 is 0 Å². The van der Waals surface area contributed by atoms with Crippen molar-refractivity contribution in [3.8, 4) is 0 Å². The van der Waals surface area contributed by atoms with Gasteiger partial charge in [-0.3, -0.25) is 0 Å². The van der Waals surface area contributed by atoms with Crippen LogP contribution < -0.4 is 5.11 Å². The number of hydrogen-bond acceptors (Lipinski definition) is 3. The van der Waals surface area contributed by atoms with Gasteiger partial charge in [0.05, 0.1) is 5.60 Å². The Hall–Kier alpha value is -1.05. The molecule has 0 spiro atoms. The Bertz CT molecular complexity index is 349. The van der Waals surface area contributed by atoms with Gasteiger partial charge < -0.3 is 14.6 Å². The van der Waals surface area contributed by atoms with Crippen molar-refractivity contribution in [2.75, 3.05) is 6.61 Å². The van der Waals surface area contributed by atoms with E-state index in [-0.39, 0.29) is 12.0 Å². The van der Waals surface area contributed by atoms with E-state index in [4.69, 9.17) is 4.74 Å². The summed E-state index contributed by atoms with van der Waals surface area (Å²) in [5.41, 5.74) is 3.70. The van der Waals surface area contributed by atoms with Crippen molar-refractivity contribution < 1.29 is 14.6 Å². The Labute approximate surface area is 123 Å². The van der Waals surface area contributed by atoms with Gasteiger partial charge in [0.25, 0.3) is 0 Å². The van der Waals surface area contributed by atoms with Crippen LogP contribution in [0.3, 0.4) is 0 Å². The summed E-state index contributed by atoms with van der Waals surface area (Å²) in [6, 6.07) is 0. The number of ether oxygens (including phenoxy) is 1. The molecular weight excluding hydrogens is 252 g/mol. The standard InChI is InChI=1S/C17H30O3/c1-6-20-17(4,5)12-8-11-14(2)9-7-10-15(3)13-16(18)19/h7,14H,6,8-9,11-13H2,1-5H3,(H,18,19)/p-1. The number of carboxylic acid groups (broad SMARTS) is 1. The van der Waals surface area contributed by atoms with E-state index in [1.54, 1.807) is 6.92 Å². The molecule has 0 aliphatic heterocycles. The fourth-order valence-electron chi connectivity index (χ4n) is 2.16. The summed E-state index contributed by atoms with van der Waals surface area (Å²) in [7, 11) is 0. The third-order valence-corrected chi connectivity index (χ3v) is 3.29. The molecule has 0 aromatic carbocycles. The van der Waals surface area contributed by atoms with Crippen LogP contribution in [-0.2, 0) is 9.53 Å². The number of carbonyl (C=O) groups is 1. The zero-order chi connectivity index (χ0) is 15.6. The molecule has 3 nitrogen and oxygen atoms in total. The molecule has 0 N–H and O–H groups in total. The lowest BCUT2D eigenvalue weighted by atomic mass is 9.95. The topological polar surface area (TPSA) is 49.4 Å². The van der Waals surface area contributed by atoms with Gasteiger partial charge in [-0.2, -0.15) is 0 Å². The van der Waals surface area contributed by atoms with Crippen molar-refractivity contribution in [3.63, 3.8) is 0 Å². The van der Waals surface area contributed by atoms with Gasteiger partial charge in [0, 0.05) is 19.0 Å².